The summed E-state index contributed by atoms with van der Waals surface area (Å²) in [4.78, 5) is 23.7. The van der Waals surface area contributed by atoms with Crippen molar-refractivity contribution < 1.29 is 19.1 Å². The highest BCUT2D eigenvalue weighted by Crippen LogP contribution is 2.18. The number of hydrogen-bond acceptors (Lipinski definition) is 5. The third kappa shape index (κ3) is 6.29. The molecule has 5 nitrogen and oxygen atoms in total. The second kappa shape index (κ2) is 7.11. The number of methoxy groups -OCH3 is 1. The van der Waals surface area contributed by atoms with Gasteiger partial charge >= 0.3 is 11.9 Å². The van der Waals surface area contributed by atoms with Crippen LogP contribution >= 0.6 is 0 Å². The third-order valence-electron chi connectivity index (χ3n) is 2.83. The van der Waals surface area contributed by atoms with E-state index in [4.69, 9.17) is 15.2 Å². The van der Waals surface area contributed by atoms with Crippen LogP contribution in [0.25, 0.3) is 0 Å². The van der Waals surface area contributed by atoms with Gasteiger partial charge in [0.1, 0.15) is 5.60 Å². The highest BCUT2D eigenvalue weighted by molar-refractivity contribution is 5.80. The van der Waals surface area contributed by atoms with Crippen LogP contribution < -0.4 is 5.73 Å². The SMILES string of the molecule is COC(=O)[C@@H](CC(=O)OC(C)(C)C)Cc1ccc(N)cc1. The molecule has 0 aliphatic rings. The van der Waals surface area contributed by atoms with Crippen molar-refractivity contribution >= 4 is 17.6 Å². The Hall–Kier alpha value is -2.04. The summed E-state index contributed by atoms with van der Waals surface area (Å²) in [6.45, 7) is 5.37. The lowest BCUT2D eigenvalue weighted by Gasteiger charge is -2.21. The first-order valence-corrected chi connectivity index (χ1v) is 6.85. The van der Waals surface area contributed by atoms with E-state index in [0.717, 1.165) is 5.56 Å². The van der Waals surface area contributed by atoms with E-state index in [0.29, 0.717) is 12.1 Å². The van der Waals surface area contributed by atoms with Crippen molar-refractivity contribution in [1.29, 1.82) is 0 Å². The van der Waals surface area contributed by atoms with Gasteiger partial charge in [0.15, 0.2) is 0 Å². The summed E-state index contributed by atoms with van der Waals surface area (Å²) in [6, 6.07) is 7.19. The van der Waals surface area contributed by atoms with Gasteiger partial charge in [-0.1, -0.05) is 12.1 Å². The maximum Gasteiger partial charge on any atom is 0.309 e. The molecule has 1 atom stereocenters. The molecule has 0 fully saturated rings. The number of esters is 2. The van der Waals surface area contributed by atoms with Crippen molar-refractivity contribution in [3.63, 3.8) is 0 Å². The van der Waals surface area contributed by atoms with E-state index in [9.17, 15) is 9.59 Å². The molecule has 0 radical (unpaired) electrons. The van der Waals surface area contributed by atoms with Gasteiger partial charge < -0.3 is 15.2 Å². The Balaban J connectivity index is 2.74. The minimum absolute atomic E-state index is 0.00564. The summed E-state index contributed by atoms with van der Waals surface area (Å²) < 4.78 is 10.0. The Kier molecular flexibility index (Phi) is 5.76. The molecule has 0 spiro atoms. The monoisotopic (exact) mass is 293 g/mol. The lowest BCUT2D eigenvalue weighted by molar-refractivity contribution is -0.160. The number of anilines is 1. The number of ether oxygens (including phenoxy) is 2. The number of carbonyl (C=O) groups is 2. The number of carbonyl (C=O) groups excluding carboxylic acids is 2. The van der Waals surface area contributed by atoms with Crippen LogP contribution in [0.15, 0.2) is 24.3 Å². The van der Waals surface area contributed by atoms with E-state index in [-0.39, 0.29) is 6.42 Å². The maximum absolute atomic E-state index is 11.9. The summed E-state index contributed by atoms with van der Waals surface area (Å²) >= 11 is 0. The van der Waals surface area contributed by atoms with Gasteiger partial charge in [-0.05, 0) is 44.9 Å². The highest BCUT2D eigenvalue weighted by atomic mass is 16.6. The van der Waals surface area contributed by atoms with Crippen LogP contribution in [0.1, 0.15) is 32.8 Å². The summed E-state index contributed by atoms with van der Waals surface area (Å²) in [5.41, 5.74) is 6.63. The minimum atomic E-state index is -0.570. The molecule has 0 aliphatic heterocycles. The van der Waals surface area contributed by atoms with Gasteiger partial charge in [0, 0.05) is 5.69 Å². The molecule has 0 heterocycles. The Morgan fingerprint density at radius 3 is 2.24 bits per heavy atom. The van der Waals surface area contributed by atoms with E-state index < -0.39 is 23.5 Å². The molecule has 0 aromatic heterocycles. The van der Waals surface area contributed by atoms with Crippen LogP contribution in [-0.4, -0.2) is 24.6 Å². The number of rotatable bonds is 5. The van der Waals surface area contributed by atoms with Crippen LogP contribution in [0, 0.1) is 5.92 Å². The van der Waals surface area contributed by atoms with Crippen LogP contribution in [0.4, 0.5) is 5.69 Å². The Morgan fingerprint density at radius 1 is 1.19 bits per heavy atom. The number of nitrogens with two attached hydrogens (primary N) is 1. The van der Waals surface area contributed by atoms with Gasteiger partial charge in [0.05, 0.1) is 19.4 Å². The van der Waals surface area contributed by atoms with Crippen LogP contribution in [0.5, 0.6) is 0 Å². The Bertz CT molecular complexity index is 488. The Labute approximate surface area is 125 Å². The molecular weight excluding hydrogens is 270 g/mol. The highest BCUT2D eigenvalue weighted by Gasteiger charge is 2.26. The summed E-state index contributed by atoms with van der Waals surface area (Å²) in [5.74, 6) is -1.39. The quantitative estimate of drug-likeness (QED) is 0.666. The van der Waals surface area contributed by atoms with Gasteiger partial charge in [-0.15, -0.1) is 0 Å². The van der Waals surface area contributed by atoms with Crippen molar-refractivity contribution in [2.24, 2.45) is 5.92 Å². The minimum Gasteiger partial charge on any atom is -0.469 e. The second-order valence-corrected chi connectivity index (χ2v) is 5.96. The summed E-state index contributed by atoms with van der Waals surface area (Å²) in [5, 5.41) is 0. The average molecular weight is 293 g/mol. The van der Waals surface area contributed by atoms with Crippen LogP contribution in [0.2, 0.25) is 0 Å². The zero-order chi connectivity index (χ0) is 16.0. The van der Waals surface area contributed by atoms with Gasteiger partial charge in [0.25, 0.3) is 0 Å². The largest absolute Gasteiger partial charge is 0.469 e. The molecule has 0 aliphatic carbocycles. The molecule has 0 unspecified atom stereocenters. The predicted octanol–water partition coefficient (Wildman–Crippen LogP) is 2.33. The van der Waals surface area contributed by atoms with Gasteiger partial charge in [-0.3, -0.25) is 9.59 Å². The van der Waals surface area contributed by atoms with E-state index >= 15 is 0 Å². The lowest BCUT2D eigenvalue weighted by atomic mass is 9.96. The van der Waals surface area contributed by atoms with Crippen molar-refractivity contribution in [2.75, 3.05) is 12.8 Å². The number of nitrogen functional groups attached to an aromatic ring is 1. The smallest absolute Gasteiger partial charge is 0.309 e. The molecule has 1 aromatic carbocycles. The molecule has 2 N–H and O–H groups in total. The maximum atomic E-state index is 11.9. The molecule has 1 aromatic rings. The Morgan fingerprint density at radius 2 is 1.76 bits per heavy atom. The molecule has 5 heteroatoms. The van der Waals surface area contributed by atoms with Crippen molar-refractivity contribution in [3.05, 3.63) is 29.8 Å². The third-order valence-corrected chi connectivity index (χ3v) is 2.83. The average Bonchev–Trinajstić information content (AvgIpc) is 2.37. The fraction of sp³-hybridized carbons (Fsp3) is 0.500. The van der Waals surface area contributed by atoms with Gasteiger partial charge in [0.2, 0.25) is 0 Å². The summed E-state index contributed by atoms with van der Waals surface area (Å²) in [6.07, 6.45) is 0.403. The molecule has 21 heavy (non-hydrogen) atoms. The van der Waals surface area contributed by atoms with Crippen molar-refractivity contribution in [1.82, 2.24) is 0 Å². The van der Waals surface area contributed by atoms with Gasteiger partial charge in [-0.2, -0.15) is 0 Å². The first-order chi connectivity index (χ1) is 9.71. The molecule has 0 saturated carbocycles. The molecular formula is C16H23NO4. The first-order valence-electron chi connectivity index (χ1n) is 6.85. The molecule has 0 saturated heterocycles. The topological polar surface area (TPSA) is 78.6 Å². The van der Waals surface area contributed by atoms with E-state index in [1.54, 1.807) is 32.9 Å². The van der Waals surface area contributed by atoms with Gasteiger partial charge in [-0.25, -0.2) is 0 Å². The van der Waals surface area contributed by atoms with Crippen molar-refractivity contribution in [3.8, 4) is 0 Å². The fourth-order valence-electron chi connectivity index (χ4n) is 1.93. The molecule has 0 amide bonds. The normalized spacial score (nSPS) is 12.6. The zero-order valence-corrected chi connectivity index (χ0v) is 13.0. The van der Waals surface area contributed by atoms with E-state index in [1.807, 2.05) is 12.1 Å². The fourth-order valence-corrected chi connectivity index (χ4v) is 1.93. The molecule has 1 rings (SSSR count). The standard InChI is InChI=1S/C16H23NO4/c1-16(2,3)21-14(18)10-12(15(19)20-4)9-11-5-7-13(17)8-6-11/h5-8,12H,9-10,17H2,1-4H3/t12-/m1/s1. The predicted molar refractivity (Wildman–Crippen MR) is 80.5 cm³/mol. The van der Waals surface area contributed by atoms with E-state index in [2.05, 4.69) is 0 Å². The number of hydrogen-bond donors (Lipinski definition) is 1. The number of benzene rings is 1. The van der Waals surface area contributed by atoms with Crippen LogP contribution in [-0.2, 0) is 25.5 Å². The lowest BCUT2D eigenvalue weighted by Crippen LogP contribution is -2.28. The summed E-state index contributed by atoms with van der Waals surface area (Å²) in [7, 11) is 1.31. The molecule has 0 bridgehead atoms. The van der Waals surface area contributed by atoms with Crippen LogP contribution in [0.3, 0.4) is 0 Å². The second-order valence-electron chi connectivity index (χ2n) is 5.96. The zero-order valence-electron chi connectivity index (χ0n) is 13.0. The van der Waals surface area contributed by atoms with Crippen molar-refractivity contribution in [2.45, 2.75) is 39.2 Å². The first kappa shape index (κ1) is 17.0. The molecule has 116 valence electrons. The van der Waals surface area contributed by atoms with E-state index in [1.165, 1.54) is 7.11 Å².